The van der Waals surface area contributed by atoms with E-state index in [4.69, 9.17) is 5.26 Å². The molecule has 6 rings (SSSR count). The zero-order valence-electron chi connectivity index (χ0n) is 23.7. The molecular formula is C33H40N4O3. The summed E-state index contributed by atoms with van der Waals surface area (Å²) in [5, 5.41) is 20.1. The summed E-state index contributed by atoms with van der Waals surface area (Å²) >= 11 is 0. The predicted molar refractivity (Wildman–Crippen MR) is 153 cm³/mol. The number of aliphatic hydroxyl groups is 1. The summed E-state index contributed by atoms with van der Waals surface area (Å²) in [6.07, 6.45) is 4.22. The van der Waals surface area contributed by atoms with Gasteiger partial charge in [0.05, 0.1) is 12.2 Å². The third-order valence-electron chi connectivity index (χ3n) is 9.86. The van der Waals surface area contributed by atoms with E-state index in [2.05, 4.69) is 49.1 Å². The maximum atomic E-state index is 13.5. The van der Waals surface area contributed by atoms with Crippen molar-refractivity contribution in [2.24, 2.45) is 11.3 Å². The number of hydrogen-bond donors (Lipinski definition) is 1. The number of piperidine rings is 1. The number of nitriles is 1. The second-order valence-electron chi connectivity index (χ2n) is 13.3. The van der Waals surface area contributed by atoms with E-state index in [-0.39, 0.29) is 28.6 Å². The molecule has 7 nitrogen and oxygen atoms in total. The largest absolute Gasteiger partial charge is 0.390 e. The lowest BCUT2D eigenvalue weighted by Crippen LogP contribution is -2.51. The first kappa shape index (κ1) is 27.0. The number of fused-ring (bicyclic) bond motifs is 2. The Morgan fingerprint density at radius 3 is 2.52 bits per heavy atom. The number of carbonyl (C=O) groups excluding carboxylic acids is 2. The van der Waals surface area contributed by atoms with Crippen molar-refractivity contribution in [3.8, 4) is 6.07 Å². The highest BCUT2D eigenvalue weighted by Crippen LogP contribution is 2.52. The maximum Gasteiger partial charge on any atom is 0.254 e. The topological polar surface area (TPSA) is 87.9 Å². The zero-order chi connectivity index (χ0) is 28.1. The van der Waals surface area contributed by atoms with Gasteiger partial charge in [-0.2, -0.15) is 5.26 Å². The summed E-state index contributed by atoms with van der Waals surface area (Å²) in [5.74, 6) is 0.136. The second kappa shape index (κ2) is 10.3. The van der Waals surface area contributed by atoms with Gasteiger partial charge in [-0.15, -0.1) is 0 Å². The Balaban J connectivity index is 1.09. The van der Waals surface area contributed by atoms with Gasteiger partial charge in [-0.1, -0.05) is 38.1 Å². The predicted octanol–water partition coefficient (Wildman–Crippen LogP) is 4.00. The minimum atomic E-state index is -0.631. The van der Waals surface area contributed by atoms with E-state index >= 15 is 0 Å². The number of rotatable bonds is 5. The van der Waals surface area contributed by atoms with Crippen LogP contribution in [0.15, 0.2) is 42.5 Å². The molecule has 3 heterocycles. The third-order valence-corrected chi connectivity index (χ3v) is 9.86. The fraction of sp³-hybridized carbons (Fsp3) is 0.545. The Morgan fingerprint density at radius 1 is 1.07 bits per heavy atom. The fourth-order valence-corrected chi connectivity index (χ4v) is 7.55. The van der Waals surface area contributed by atoms with Gasteiger partial charge in [-0.3, -0.25) is 14.5 Å². The number of amides is 2. The van der Waals surface area contributed by atoms with Crippen LogP contribution in [0.1, 0.15) is 76.9 Å². The van der Waals surface area contributed by atoms with E-state index in [1.54, 1.807) is 11.0 Å². The molecule has 1 aliphatic carbocycles. The highest BCUT2D eigenvalue weighted by atomic mass is 16.3. The van der Waals surface area contributed by atoms with Crippen LogP contribution in [0.25, 0.3) is 0 Å². The molecule has 1 unspecified atom stereocenters. The Morgan fingerprint density at radius 2 is 1.80 bits per heavy atom. The van der Waals surface area contributed by atoms with Crippen LogP contribution in [0.4, 0.5) is 0 Å². The van der Waals surface area contributed by atoms with Crippen LogP contribution < -0.4 is 0 Å². The average molecular weight is 541 g/mol. The Bertz CT molecular complexity index is 1350. The van der Waals surface area contributed by atoms with Gasteiger partial charge in [0.25, 0.3) is 11.8 Å². The Labute approximate surface area is 237 Å². The molecule has 1 atom stereocenters. The molecule has 2 fully saturated rings. The SMILES string of the molecule is CC1(C)CN(CC(O)CN2CCc3ccccc3C2)C(=O)c2ccc(C(=O)N3CCC4(CC3)CC(C#N)C4)cc21. The molecule has 1 spiro atoms. The van der Waals surface area contributed by atoms with Gasteiger partial charge in [0, 0.05) is 68.3 Å². The summed E-state index contributed by atoms with van der Waals surface area (Å²) in [5.41, 5.74) is 4.79. The molecule has 7 heteroatoms. The molecule has 210 valence electrons. The molecule has 0 bridgehead atoms. The number of benzene rings is 2. The molecule has 2 amide bonds. The molecule has 0 aromatic heterocycles. The molecular weight excluding hydrogens is 500 g/mol. The van der Waals surface area contributed by atoms with Crippen molar-refractivity contribution in [3.05, 3.63) is 70.3 Å². The highest BCUT2D eigenvalue weighted by molar-refractivity contribution is 6.00. The number of nitrogens with zero attached hydrogens (tertiary/aromatic N) is 4. The minimum Gasteiger partial charge on any atom is -0.390 e. The number of carbonyl (C=O) groups is 2. The lowest BCUT2D eigenvalue weighted by Gasteiger charge is -2.50. The highest BCUT2D eigenvalue weighted by Gasteiger charge is 2.46. The van der Waals surface area contributed by atoms with Crippen molar-refractivity contribution in [2.75, 3.05) is 39.3 Å². The van der Waals surface area contributed by atoms with Gasteiger partial charge in [0.1, 0.15) is 0 Å². The molecule has 2 aromatic carbocycles. The van der Waals surface area contributed by atoms with Gasteiger partial charge >= 0.3 is 0 Å². The van der Waals surface area contributed by atoms with E-state index in [0.717, 1.165) is 63.8 Å². The van der Waals surface area contributed by atoms with E-state index in [0.29, 0.717) is 30.8 Å². The number of β-amino-alcohol motifs (C(OH)–C–C–N with tert-alkyl or cyclic N) is 1. The van der Waals surface area contributed by atoms with Gasteiger partial charge in [0.2, 0.25) is 0 Å². The smallest absolute Gasteiger partial charge is 0.254 e. The maximum absolute atomic E-state index is 13.5. The lowest BCUT2D eigenvalue weighted by molar-refractivity contribution is 0.00872. The second-order valence-corrected chi connectivity index (χ2v) is 13.3. The molecule has 1 saturated carbocycles. The molecule has 0 radical (unpaired) electrons. The van der Waals surface area contributed by atoms with E-state index in [1.807, 2.05) is 17.0 Å². The first-order chi connectivity index (χ1) is 19.2. The molecule has 2 aromatic rings. The van der Waals surface area contributed by atoms with Crippen molar-refractivity contribution in [3.63, 3.8) is 0 Å². The fourth-order valence-electron chi connectivity index (χ4n) is 7.55. The summed E-state index contributed by atoms with van der Waals surface area (Å²) in [6.45, 7) is 8.74. The van der Waals surface area contributed by atoms with E-state index < -0.39 is 6.10 Å². The van der Waals surface area contributed by atoms with Crippen molar-refractivity contribution in [2.45, 2.75) is 64.0 Å². The summed E-state index contributed by atoms with van der Waals surface area (Å²) < 4.78 is 0. The lowest BCUT2D eigenvalue weighted by atomic mass is 9.58. The summed E-state index contributed by atoms with van der Waals surface area (Å²) in [7, 11) is 0. The normalized spacial score (nSPS) is 22.7. The van der Waals surface area contributed by atoms with Gasteiger partial charge in [-0.05, 0) is 72.4 Å². The van der Waals surface area contributed by atoms with Crippen LogP contribution in [-0.4, -0.2) is 77.0 Å². The summed E-state index contributed by atoms with van der Waals surface area (Å²) in [6, 6.07) is 16.4. The number of aliphatic hydroxyl groups excluding tert-OH is 1. The van der Waals surface area contributed by atoms with Gasteiger partial charge < -0.3 is 14.9 Å². The van der Waals surface area contributed by atoms with Crippen LogP contribution in [-0.2, 0) is 18.4 Å². The van der Waals surface area contributed by atoms with Crippen LogP contribution in [0.5, 0.6) is 0 Å². The average Bonchev–Trinajstić information content (AvgIpc) is 2.93. The molecule has 40 heavy (non-hydrogen) atoms. The van der Waals surface area contributed by atoms with Crippen molar-refractivity contribution in [1.82, 2.24) is 14.7 Å². The van der Waals surface area contributed by atoms with Crippen molar-refractivity contribution in [1.29, 1.82) is 5.26 Å². The standard InChI is InChI=1S/C33H40N4O3/c1-32(2)22-37(21-27(38)20-35-12-9-24-5-3-4-6-26(24)19-35)31(40)28-8-7-25(15-29(28)32)30(39)36-13-10-33(11-14-36)16-23(17-33)18-34/h3-8,15,23,27,38H,9-14,16-17,19-22H2,1-2H3. The molecule has 1 N–H and O–H groups in total. The van der Waals surface area contributed by atoms with E-state index in [9.17, 15) is 14.7 Å². The van der Waals surface area contributed by atoms with Crippen LogP contribution >= 0.6 is 0 Å². The van der Waals surface area contributed by atoms with Gasteiger partial charge in [0.15, 0.2) is 0 Å². The van der Waals surface area contributed by atoms with Crippen molar-refractivity contribution >= 4 is 11.8 Å². The van der Waals surface area contributed by atoms with Crippen molar-refractivity contribution < 1.29 is 14.7 Å². The van der Waals surface area contributed by atoms with E-state index in [1.165, 1.54) is 11.1 Å². The number of likely N-dealkylation sites (tertiary alicyclic amines) is 1. The first-order valence-electron chi connectivity index (χ1n) is 14.8. The molecule has 1 saturated heterocycles. The monoisotopic (exact) mass is 540 g/mol. The molecule has 3 aliphatic heterocycles. The van der Waals surface area contributed by atoms with Gasteiger partial charge in [-0.25, -0.2) is 0 Å². The van der Waals surface area contributed by atoms with Crippen LogP contribution in [0.3, 0.4) is 0 Å². The quantitative estimate of drug-likeness (QED) is 0.620. The molecule has 4 aliphatic rings. The summed E-state index contributed by atoms with van der Waals surface area (Å²) in [4.78, 5) is 32.9. The third kappa shape index (κ3) is 5.04. The Hall–Kier alpha value is -3.21. The zero-order valence-corrected chi connectivity index (χ0v) is 23.7. The first-order valence-corrected chi connectivity index (χ1v) is 14.8. The minimum absolute atomic E-state index is 0.0259. The Kier molecular flexibility index (Phi) is 6.96. The van der Waals surface area contributed by atoms with Crippen LogP contribution in [0, 0.1) is 22.7 Å². The number of hydrogen-bond acceptors (Lipinski definition) is 5. The van der Waals surface area contributed by atoms with Crippen LogP contribution in [0.2, 0.25) is 0 Å².